The molecule has 2 aromatic carbocycles. The van der Waals surface area contributed by atoms with Crippen LogP contribution in [0.5, 0.6) is 5.75 Å². The van der Waals surface area contributed by atoms with Crippen molar-refractivity contribution in [2.45, 2.75) is 20.0 Å². The van der Waals surface area contributed by atoms with Gasteiger partial charge < -0.3 is 9.26 Å². The van der Waals surface area contributed by atoms with Crippen LogP contribution < -0.4 is 4.74 Å². The van der Waals surface area contributed by atoms with E-state index in [2.05, 4.69) is 10.1 Å². The largest absolute Gasteiger partial charge is 0.481 e. The molecule has 0 radical (unpaired) electrons. The summed E-state index contributed by atoms with van der Waals surface area (Å²) in [7, 11) is 0. The minimum absolute atomic E-state index is 0.357. The van der Waals surface area contributed by atoms with Crippen molar-refractivity contribution < 1.29 is 9.26 Å². The third-order valence-corrected chi connectivity index (χ3v) is 3.41. The Hall–Kier alpha value is -2.33. The molecular formula is C17H15ClN2O2. The topological polar surface area (TPSA) is 48.2 Å². The summed E-state index contributed by atoms with van der Waals surface area (Å²) in [5.74, 6) is 1.65. The van der Waals surface area contributed by atoms with E-state index in [-0.39, 0.29) is 6.10 Å². The summed E-state index contributed by atoms with van der Waals surface area (Å²) in [6, 6.07) is 15.2. The molecule has 0 aliphatic carbocycles. The van der Waals surface area contributed by atoms with Crippen LogP contribution in [0.25, 0.3) is 11.4 Å². The normalized spacial score (nSPS) is 12.1. The number of aromatic nitrogens is 2. The quantitative estimate of drug-likeness (QED) is 0.691. The van der Waals surface area contributed by atoms with E-state index < -0.39 is 0 Å². The lowest BCUT2D eigenvalue weighted by atomic mass is 10.1. The van der Waals surface area contributed by atoms with Gasteiger partial charge in [0.2, 0.25) is 5.82 Å². The molecule has 1 atom stereocenters. The third-order valence-electron chi connectivity index (χ3n) is 3.17. The summed E-state index contributed by atoms with van der Waals surface area (Å²) in [6.45, 7) is 3.88. The van der Waals surface area contributed by atoms with Crippen LogP contribution in [-0.2, 0) is 0 Å². The SMILES string of the molecule is Cc1cccc(-c2noc([C@@H](C)Oc3cccc(Cl)c3)n2)c1. The number of nitrogens with zero attached hydrogens (tertiary/aromatic N) is 2. The minimum atomic E-state index is -0.357. The van der Waals surface area contributed by atoms with Gasteiger partial charge in [0.25, 0.3) is 5.89 Å². The summed E-state index contributed by atoms with van der Waals surface area (Å²) in [4.78, 5) is 4.40. The van der Waals surface area contributed by atoms with Gasteiger partial charge in [0, 0.05) is 10.6 Å². The third kappa shape index (κ3) is 3.28. The molecule has 0 N–H and O–H groups in total. The van der Waals surface area contributed by atoms with Crippen molar-refractivity contribution >= 4 is 11.6 Å². The average Bonchev–Trinajstić information content (AvgIpc) is 2.97. The molecule has 0 saturated heterocycles. The molecule has 0 unspecified atom stereocenters. The molecule has 0 saturated carbocycles. The lowest BCUT2D eigenvalue weighted by Gasteiger charge is -2.10. The summed E-state index contributed by atoms with van der Waals surface area (Å²) >= 11 is 5.94. The molecule has 112 valence electrons. The Morgan fingerprint density at radius 3 is 2.73 bits per heavy atom. The Kier molecular flexibility index (Phi) is 4.11. The Morgan fingerprint density at radius 2 is 1.95 bits per heavy atom. The van der Waals surface area contributed by atoms with E-state index in [4.69, 9.17) is 20.9 Å². The van der Waals surface area contributed by atoms with Gasteiger partial charge in [0.05, 0.1) is 0 Å². The Balaban J connectivity index is 1.78. The zero-order chi connectivity index (χ0) is 15.5. The van der Waals surface area contributed by atoms with Crippen LogP contribution in [-0.4, -0.2) is 10.1 Å². The van der Waals surface area contributed by atoms with E-state index in [0.29, 0.717) is 22.5 Å². The van der Waals surface area contributed by atoms with Crippen molar-refractivity contribution in [1.29, 1.82) is 0 Å². The van der Waals surface area contributed by atoms with Gasteiger partial charge in [-0.2, -0.15) is 4.98 Å². The van der Waals surface area contributed by atoms with E-state index in [1.54, 1.807) is 12.1 Å². The van der Waals surface area contributed by atoms with Gasteiger partial charge in [-0.25, -0.2) is 0 Å². The van der Waals surface area contributed by atoms with Gasteiger partial charge in [0.1, 0.15) is 5.75 Å². The number of halogens is 1. The summed E-state index contributed by atoms with van der Waals surface area (Å²) in [6.07, 6.45) is -0.357. The van der Waals surface area contributed by atoms with Crippen LogP contribution in [0.4, 0.5) is 0 Å². The Labute approximate surface area is 133 Å². The van der Waals surface area contributed by atoms with Crippen LogP contribution in [0.1, 0.15) is 24.5 Å². The van der Waals surface area contributed by atoms with E-state index in [1.165, 1.54) is 0 Å². The van der Waals surface area contributed by atoms with Crippen LogP contribution in [0.15, 0.2) is 53.1 Å². The van der Waals surface area contributed by atoms with Crippen LogP contribution in [0.3, 0.4) is 0 Å². The van der Waals surface area contributed by atoms with E-state index in [1.807, 2.05) is 50.2 Å². The molecule has 0 aliphatic heterocycles. The minimum Gasteiger partial charge on any atom is -0.481 e. The number of hydrogen-bond donors (Lipinski definition) is 0. The van der Waals surface area contributed by atoms with Crippen molar-refractivity contribution in [3.05, 3.63) is 65.0 Å². The standard InChI is InChI=1S/C17H15ClN2O2/c1-11-5-3-6-13(9-11)16-19-17(22-20-16)12(2)21-15-8-4-7-14(18)10-15/h3-10,12H,1-2H3/t12-/m1/s1. The van der Waals surface area contributed by atoms with E-state index >= 15 is 0 Å². The highest BCUT2D eigenvalue weighted by atomic mass is 35.5. The second-order valence-corrected chi connectivity index (χ2v) is 5.48. The lowest BCUT2D eigenvalue weighted by Crippen LogP contribution is -2.03. The second-order valence-electron chi connectivity index (χ2n) is 5.04. The monoisotopic (exact) mass is 314 g/mol. The molecular weight excluding hydrogens is 300 g/mol. The Morgan fingerprint density at radius 1 is 1.14 bits per heavy atom. The highest BCUT2D eigenvalue weighted by molar-refractivity contribution is 6.30. The predicted octanol–water partition coefficient (Wildman–Crippen LogP) is 4.84. The van der Waals surface area contributed by atoms with Gasteiger partial charge in [-0.1, -0.05) is 46.6 Å². The number of rotatable bonds is 4. The number of ether oxygens (including phenoxy) is 1. The molecule has 0 aliphatic rings. The molecule has 3 rings (SSSR count). The van der Waals surface area contributed by atoms with Crippen LogP contribution in [0.2, 0.25) is 5.02 Å². The zero-order valence-electron chi connectivity index (χ0n) is 12.3. The summed E-state index contributed by atoms with van der Waals surface area (Å²) in [5.41, 5.74) is 2.07. The molecule has 0 spiro atoms. The summed E-state index contributed by atoms with van der Waals surface area (Å²) < 4.78 is 11.1. The van der Waals surface area contributed by atoms with Gasteiger partial charge in [0.15, 0.2) is 6.10 Å². The average molecular weight is 315 g/mol. The first-order valence-corrected chi connectivity index (χ1v) is 7.32. The van der Waals surface area contributed by atoms with E-state index in [9.17, 15) is 0 Å². The smallest absolute Gasteiger partial charge is 0.267 e. The maximum atomic E-state index is 5.94. The van der Waals surface area contributed by atoms with Crippen molar-refractivity contribution in [2.75, 3.05) is 0 Å². The Bertz CT molecular complexity index is 786. The van der Waals surface area contributed by atoms with E-state index in [0.717, 1.165) is 11.1 Å². The molecule has 1 heterocycles. The van der Waals surface area contributed by atoms with Crippen LogP contribution >= 0.6 is 11.6 Å². The fourth-order valence-electron chi connectivity index (χ4n) is 2.10. The second kappa shape index (κ2) is 6.20. The van der Waals surface area contributed by atoms with Gasteiger partial charge in [-0.15, -0.1) is 0 Å². The van der Waals surface area contributed by atoms with Gasteiger partial charge >= 0.3 is 0 Å². The zero-order valence-corrected chi connectivity index (χ0v) is 13.0. The fraction of sp³-hybridized carbons (Fsp3) is 0.176. The predicted molar refractivity (Wildman–Crippen MR) is 85.0 cm³/mol. The van der Waals surface area contributed by atoms with Crippen molar-refractivity contribution in [3.63, 3.8) is 0 Å². The highest BCUT2D eigenvalue weighted by Gasteiger charge is 2.17. The molecule has 0 fully saturated rings. The fourth-order valence-corrected chi connectivity index (χ4v) is 2.28. The first-order valence-electron chi connectivity index (χ1n) is 6.95. The van der Waals surface area contributed by atoms with Crippen molar-refractivity contribution in [2.24, 2.45) is 0 Å². The van der Waals surface area contributed by atoms with Gasteiger partial charge in [-0.3, -0.25) is 0 Å². The number of aryl methyl sites for hydroxylation is 1. The van der Waals surface area contributed by atoms with Crippen molar-refractivity contribution in [3.8, 4) is 17.1 Å². The molecule has 4 nitrogen and oxygen atoms in total. The van der Waals surface area contributed by atoms with Gasteiger partial charge in [-0.05, 0) is 38.1 Å². The van der Waals surface area contributed by atoms with Crippen molar-refractivity contribution in [1.82, 2.24) is 10.1 Å². The number of benzene rings is 2. The lowest BCUT2D eigenvalue weighted by molar-refractivity contribution is 0.176. The molecule has 22 heavy (non-hydrogen) atoms. The molecule has 3 aromatic rings. The van der Waals surface area contributed by atoms with Crippen LogP contribution in [0, 0.1) is 6.92 Å². The molecule has 0 amide bonds. The summed E-state index contributed by atoms with van der Waals surface area (Å²) in [5, 5.41) is 4.64. The molecule has 0 bridgehead atoms. The first kappa shape index (κ1) is 14.6. The molecule has 1 aromatic heterocycles. The maximum absolute atomic E-state index is 5.94. The number of hydrogen-bond acceptors (Lipinski definition) is 4. The maximum Gasteiger partial charge on any atom is 0.267 e. The molecule has 5 heteroatoms. The first-order chi connectivity index (χ1) is 10.6. The highest BCUT2D eigenvalue weighted by Crippen LogP contribution is 2.25.